The number of rotatable bonds is 4. The van der Waals surface area contributed by atoms with Crippen LogP contribution in [0.4, 0.5) is 0 Å². The van der Waals surface area contributed by atoms with Crippen LogP contribution in [-0.4, -0.2) is 28.7 Å². The lowest BCUT2D eigenvalue weighted by Crippen LogP contribution is -2.40. The van der Waals surface area contributed by atoms with Crippen LogP contribution in [-0.2, 0) is 6.54 Å². The van der Waals surface area contributed by atoms with Crippen LogP contribution in [0.5, 0.6) is 0 Å². The van der Waals surface area contributed by atoms with Crippen molar-refractivity contribution >= 4 is 28.7 Å². The van der Waals surface area contributed by atoms with Gasteiger partial charge in [-0.15, -0.1) is 0 Å². The number of fused-ring (bicyclic) bond motifs is 2. The number of imide groups is 1. The van der Waals surface area contributed by atoms with Crippen molar-refractivity contribution in [2.24, 2.45) is 0 Å². The van der Waals surface area contributed by atoms with Gasteiger partial charge in [0, 0.05) is 17.0 Å². The summed E-state index contributed by atoms with van der Waals surface area (Å²) in [6.45, 7) is 0.242. The summed E-state index contributed by atoms with van der Waals surface area (Å²) in [5, 5.41) is 3.80. The van der Waals surface area contributed by atoms with Crippen molar-refractivity contribution in [1.29, 1.82) is 0 Å². The van der Waals surface area contributed by atoms with Gasteiger partial charge in [0.1, 0.15) is 11.3 Å². The highest BCUT2D eigenvalue weighted by Gasteiger charge is 2.40. The molecule has 0 radical (unpaired) electrons. The number of hydrogen-bond acceptors (Lipinski definition) is 4. The van der Waals surface area contributed by atoms with Crippen molar-refractivity contribution in [1.82, 2.24) is 10.2 Å². The summed E-state index contributed by atoms with van der Waals surface area (Å²) >= 11 is 0. The van der Waals surface area contributed by atoms with Crippen LogP contribution in [0.25, 0.3) is 11.0 Å². The molecule has 30 heavy (non-hydrogen) atoms. The molecule has 1 saturated carbocycles. The van der Waals surface area contributed by atoms with Gasteiger partial charge in [-0.25, -0.2) is 0 Å². The summed E-state index contributed by atoms with van der Waals surface area (Å²) in [5.41, 5.74) is 1.84. The second-order valence-electron chi connectivity index (χ2n) is 7.97. The largest absolute Gasteiger partial charge is 0.459 e. The highest BCUT2D eigenvalue weighted by molar-refractivity contribution is 6.22. The van der Waals surface area contributed by atoms with Gasteiger partial charge in [-0.3, -0.25) is 19.3 Å². The van der Waals surface area contributed by atoms with Crippen molar-refractivity contribution in [2.75, 3.05) is 0 Å². The predicted octanol–water partition coefficient (Wildman–Crippen LogP) is 4.29. The van der Waals surface area contributed by atoms with Crippen molar-refractivity contribution in [2.45, 2.75) is 44.7 Å². The van der Waals surface area contributed by atoms with E-state index in [1.165, 1.54) is 11.0 Å². The molecule has 1 N–H and O–H groups in total. The van der Waals surface area contributed by atoms with E-state index in [0.29, 0.717) is 22.5 Å². The second-order valence-corrected chi connectivity index (χ2v) is 7.97. The van der Waals surface area contributed by atoms with Gasteiger partial charge >= 0.3 is 0 Å². The molecule has 0 spiro atoms. The summed E-state index contributed by atoms with van der Waals surface area (Å²) in [6.07, 6.45) is 4.93. The van der Waals surface area contributed by atoms with E-state index in [-0.39, 0.29) is 30.3 Å². The lowest BCUT2D eigenvalue weighted by molar-refractivity contribution is 0.0549. The zero-order valence-corrected chi connectivity index (χ0v) is 16.5. The molecule has 0 saturated heterocycles. The first-order valence-electron chi connectivity index (χ1n) is 10.4. The number of nitrogens with one attached hydrogen (secondary N) is 1. The summed E-state index contributed by atoms with van der Waals surface area (Å²) in [5.74, 6) is -0.181. The maximum atomic E-state index is 12.9. The minimum Gasteiger partial charge on any atom is -0.459 e. The Labute approximate surface area is 173 Å². The summed E-state index contributed by atoms with van der Waals surface area (Å²) in [4.78, 5) is 39.7. The van der Waals surface area contributed by atoms with Gasteiger partial charge in [0.15, 0.2) is 0 Å². The molecule has 0 unspecified atom stereocenters. The van der Waals surface area contributed by atoms with Gasteiger partial charge in [0.05, 0.1) is 17.7 Å². The zero-order valence-electron chi connectivity index (χ0n) is 16.5. The van der Waals surface area contributed by atoms with Gasteiger partial charge in [0.2, 0.25) is 0 Å². The van der Waals surface area contributed by atoms with Gasteiger partial charge in [0.25, 0.3) is 17.7 Å². The van der Waals surface area contributed by atoms with Crippen LogP contribution in [0.1, 0.15) is 68.9 Å². The van der Waals surface area contributed by atoms with Gasteiger partial charge in [-0.2, -0.15) is 0 Å². The lowest BCUT2D eigenvalue weighted by Gasteiger charge is -2.29. The van der Waals surface area contributed by atoms with Crippen molar-refractivity contribution in [3.05, 3.63) is 71.0 Å². The summed E-state index contributed by atoms with van der Waals surface area (Å²) < 4.78 is 5.72. The third-order valence-corrected chi connectivity index (χ3v) is 6.02. The first kappa shape index (κ1) is 18.6. The molecule has 6 heteroatoms. The second kappa shape index (κ2) is 7.44. The number of benzene rings is 2. The van der Waals surface area contributed by atoms with Crippen LogP contribution in [0.2, 0.25) is 0 Å². The van der Waals surface area contributed by atoms with E-state index in [2.05, 4.69) is 5.32 Å². The molecule has 6 nitrogen and oxygen atoms in total. The van der Waals surface area contributed by atoms with Gasteiger partial charge in [-0.05, 0) is 43.2 Å². The number of hydrogen-bond donors (Lipinski definition) is 1. The molecular weight excluding hydrogens is 380 g/mol. The number of carbonyl (C=O) groups excluding carboxylic acids is 3. The molecule has 0 atom stereocenters. The Bertz CT molecular complexity index is 1120. The fourth-order valence-corrected chi connectivity index (χ4v) is 4.47. The predicted molar refractivity (Wildman–Crippen MR) is 111 cm³/mol. The summed E-state index contributed by atoms with van der Waals surface area (Å²) in [6, 6.07) is 14.2. The topological polar surface area (TPSA) is 79.6 Å². The lowest BCUT2D eigenvalue weighted by atomic mass is 9.94. The number of amides is 3. The molecule has 2 heterocycles. The SMILES string of the molecule is O=C(NCc1cc2ccccc2o1)c1ccc2c(c1)C(=O)N(C1CCCCC1)C2=O. The maximum Gasteiger partial charge on any atom is 0.261 e. The molecule has 1 aromatic heterocycles. The van der Waals surface area contributed by atoms with Crippen LogP contribution in [0, 0.1) is 0 Å². The van der Waals surface area contributed by atoms with Crippen LogP contribution >= 0.6 is 0 Å². The highest BCUT2D eigenvalue weighted by Crippen LogP contribution is 2.31. The van der Waals surface area contributed by atoms with E-state index >= 15 is 0 Å². The van der Waals surface area contributed by atoms with Crippen molar-refractivity contribution in [3.63, 3.8) is 0 Å². The average molecular weight is 402 g/mol. The van der Waals surface area contributed by atoms with Gasteiger partial charge < -0.3 is 9.73 Å². The van der Waals surface area contributed by atoms with E-state index in [4.69, 9.17) is 4.42 Å². The Morgan fingerprint density at radius 2 is 1.73 bits per heavy atom. The molecule has 3 amide bonds. The van der Waals surface area contributed by atoms with E-state index < -0.39 is 0 Å². The normalized spacial score (nSPS) is 16.9. The number of carbonyl (C=O) groups is 3. The van der Waals surface area contributed by atoms with E-state index in [0.717, 1.165) is 43.1 Å². The van der Waals surface area contributed by atoms with E-state index in [1.807, 2.05) is 30.3 Å². The molecular formula is C24H22N2O4. The Morgan fingerprint density at radius 3 is 2.53 bits per heavy atom. The molecule has 1 fully saturated rings. The first-order valence-corrected chi connectivity index (χ1v) is 10.4. The molecule has 1 aliphatic carbocycles. The number of nitrogens with zero attached hydrogens (tertiary/aromatic N) is 1. The Balaban J connectivity index is 1.32. The maximum absolute atomic E-state index is 12.9. The molecule has 2 aliphatic rings. The van der Waals surface area contributed by atoms with Crippen molar-refractivity contribution in [3.8, 4) is 0 Å². The van der Waals surface area contributed by atoms with Crippen LogP contribution in [0.15, 0.2) is 52.9 Å². The Hall–Kier alpha value is -3.41. The molecule has 2 aromatic carbocycles. The standard InChI is InChI=1S/C24H22N2O4/c27-22(25-14-18-12-15-6-4-5-9-21(15)30-18)16-10-11-19-20(13-16)24(29)26(23(19)28)17-7-2-1-3-8-17/h4-6,9-13,17H,1-3,7-8,14H2,(H,25,27). The minimum atomic E-state index is -0.311. The molecule has 1 aliphatic heterocycles. The molecule has 5 rings (SSSR count). The van der Waals surface area contributed by atoms with E-state index in [9.17, 15) is 14.4 Å². The Kier molecular flexibility index (Phi) is 4.62. The number of furan rings is 1. The fourth-order valence-electron chi connectivity index (χ4n) is 4.47. The quantitative estimate of drug-likeness (QED) is 0.660. The average Bonchev–Trinajstić information content (AvgIpc) is 3.31. The smallest absolute Gasteiger partial charge is 0.261 e. The number of para-hydroxylation sites is 1. The zero-order chi connectivity index (χ0) is 20.7. The molecule has 0 bridgehead atoms. The third-order valence-electron chi connectivity index (χ3n) is 6.02. The van der Waals surface area contributed by atoms with Gasteiger partial charge in [-0.1, -0.05) is 37.5 Å². The monoisotopic (exact) mass is 402 g/mol. The fraction of sp³-hybridized carbons (Fsp3) is 0.292. The van der Waals surface area contributed by atoms with Crippen LogP contribution in [0.3, 0.4) is 0 Å². The van der Waals surface area contributed by atoms with E-state index in [1.54, 1.807) is 12.1 Å². The highest BCUT2D eigenvalue weighted by atomic mass is 16.3. The first-order chi connectivity index (χ1) is 14.6. The Morgan fingerprint density at radius 1 is 0.967 bits per heavy atom. The molecule has 152 valence electrons. The minimum absolute atomic E-state index is 0.0310. The van der Waals surface area contributed by atoms with Crippen LogP contribution < -0.4 is 5.32 Å². The van der Waals surface area contributed by atoms with Crippen molar-refractivity contribution < 1.29 is 18.8 Å². The third kappa shape index (κ3) is 3.18. The molecule has 3 aromatic rings. The summed E-state index contributed by atoms with van der Waals surface area (Å²) in [7, 11) is 0.